The summed E-state index contributed by atoms with van der Waals surface area (Å²) in [5.41, 5.74) is 0. The zero-order valence-electron chi connectivity index (χ0n) is 12.7. The third-order valence-corrected chi connectivity index (χ3v) is 3.54. The Hall–Kier alpha value is -1.27. The molecule has 1 atom stereocenters. The average molecular weight is 314 g/mol. The van der Waals surface area contributed by atoms with Crippen LogP contribution in [0.15, 0.2) is 25.3 Å². The minimum absolute atomic E-state index is 0.208. The van der Waals surface area contributed by atoms with Crippen LogP contribution < -0.4 is 5.32 Å². The first-order valence-electron chi connectivity index (χ1n) is 7.00. The standard InChI is InChI=1S/C15H26N2O3S/c1-4-9-17(10-5-2)11-6-7-14(18)16-13(15(19)20)8-12-21-3/h4-5,13H,1-2,6-12H2,3H3,(H,16,18)(H,19,20). The van der Waals surface area contributed by atoms with Crippen LogP contribution in [0.5, 0.6) is 0 Å². The van der Waals surface area contributed by atoms with Crippen molar-refractivity contribution in [1.29, 1.82) is 0 Å². The van der Waals surface area contributed by atoms with Gasteiger partial charge < -0.3 is 10.4 Å². The lowest BCUT2D eigenvalue weighted by molar-refractivity contribution is -0.141. The summed E-state index contributed by atoms with van der Waals surface area (Å²) >= 11 is 1.57. The average Bonchev–Trinajstić information content (AvgIpc) is 2.43. The number of nitrogens with zero attached hydrogens (tertiary/aromatic N) is 1. The fourth-order valence-electron chi connectivity index (χ4n) is 1.85. The van der Waals surface area contributed by atoms with Gasteiger partial charge in [-0.1, -0.05) is 12.2 Å². The van der Waals surface area contributed by atoms with E-state index in [-0.39, 0.29) is 5.91 Å². The highest BCUT2D eigenvalue weighted by Crippen LogP contribution is 2.02. The molecular weight excluding hydrogens is 288 g/mol. The van der Waals surface area contributed by atoms with E-state index in [0.717, 1.165) is 19.6 Å². The molecule has 0 aliphatic rings. The topological polar surface area (TPSA) is 69.6 Å². The number of thioether (sulfide) groups is 1. The number of hydrogen-bond acceptors (Lipinski definition) is 4. The number of rotatable bonds is 13. The summed E-state index contributed by atoms with van der Waals surface area (Å²) in [5.74, 6) is -0.470. The maximum Gasteiger partial charge on any atom is 0.326 e. The molecule has 0 aliphatic carbocycles. The van der Waals surface area contributed by atoms with Crippen LogP contribution in [0.1, 0.15) is 19.3 Å². The van der Waals surface area contributed by atoms with Gasteiger partial charge >= 0.3 is 5.97 Å². The molecule has 0 rings (SSSR count). The first-order chi connectivity index (χ1) is 10.0. The zero-order valence-corrected chi connectivity index (χ0v) is 13.5. The largest absolute Gasteiger partial charge is 0.480 e. The van der Waals surface area contributed by atoms with Crippen molar-refractivity contribution >= 4 is 23.6 Å². The molecule has 0 heterocycles. The number of carbonyl (C=O) groups is 2. The first-order valence-corrected chi connectivity index (χ1v) is 8.39. The van der Waals surface area contributed by atoms with Crippen molar-refractivity contribution in [3.05, 3.63) is 25.3 Å². The molecule has 2 N–H and O–H groups in total. The molecule has 0 aliphatic heterocycles. The number of amides is 1. The van der Waals surface area contributed by atoms with Gasteiger partial charge in [-0.15, -0.1) is 13.2 Å². The van der Waals surface area contributed by atoms with Crippen LogP contribution in [0, 0.1) is 0 Å². The van der Waals surface area contributed by atoms with Crippen LogP contribution in [0.4, 0.5) is 0 Å². The van der Waals surface area contributed by atoms with E-state index in [1.807, 2.05) is 18.4 Å². The van der Waals surface area contributed by atoms with Crippen molar-refractivity contribution in [2.75, 3.05) is 31.6 Å². The number of hydrogen-bond donors (Lipinski definition) is 2. The Bertz CT molecular complexity index is 338. The third-order valence-electron chi connectivity index (χ3n) is 2.90. The molecule has 6 heteroatoms. The Labute approximate surface area is 131 Å². The lowest BCUT2D eigenvalue weighted by Crippen LogP contribution is -2.41. The molecule has 0 bridgehead atoms. The predicted molar refractivity (Wildman–Crippen MR) is 88.6 cm³/mol. The monoisotopic (exact) mass is 314 g/mol. The summed E-state index contributed by atoms with van der Waals surface area (Å²) in [5, 5.41) is 11.6. The molecule has 0 saturated heterocycles. The van der Waals surface area contributed by atoms with Crippen molar-refractivity contribution < 1.29 is 14.7 Å². The van der Waals surface area contributed by atoms with Crippen LogP contribution in [-0.4, -0.2) is 59.6 Å². The molecular formula is C15H26N2O3S. The predicted octanol–water partition coefficient (Wildman–Crippen LogP) is 1.76. The summed E-state index contributed by atoms with van der Waals surface area (Å²) in [7, 11) is 0. The van der Waals surface area contributed by atoms with E-state index >= 15 is 0 Å². The van der Waals surface area contributed by atoms with E-state index < -0.39 is 12.0 Å². The molecule has 5 nitrogen and oxygen atoms in total. The van der Waals surface area contributed by atoms with Gasteiger partial charge in [-0.25, -0.2) is 4.79 Å². The quantitative estimate of drug-likeness (QED) is 0.507. The highest BCUT2D eigenvalue weighted by molar-refractivity contribution is 7.98. The second kappa shape index (κ2) is 12.5. The lowest BCUT2D eigenvalue weighted by Gasteiger charge is -2.19. The van der Waals surface area contributed by atoms with E-state index in [4.69, 9.17) is 5.11 Å². The molecule has 0 aromatic heterocycles. The summed E-state index contributed by atoms with van der Waals surface area (Å²) < 4.78 is 0. The van der Waals surface area contributed by atoms with E-state index in [1.165, 1.54) is 0 Å². The second-order valence-electron chi connectivity index (χ2n) is 4.68. The van der Waals surface area contributed by atoms with Crippen molar-refractivity contribution in [2.45, 2.75) is 25.3 Å². The van der Waals surface area contributed by atoms with Gasteiger partial charge in [-0.3, -0.25) is 9.69 Å². The third kappa shape index (κ3) is 10.1. The molecule has 120 valence electrons. The molecule has 0 aromatic carbocycles. The Morgan fingerprint density at radius 1 is 1.33 bits per heavy atom. The molecule has 1 amide bonds. The SMILES string of the molecule is C=CCN(CC=C)CCCC(=O)NC(CCSC)C(=O)O. The van der Waals surface area contributed by atoms with Gasteiger partial charge in [0, 0.05) is 19.5 Å². The Morgan fingerprint density at radius 2 is 1.95 bits per heavy atom. The fourth-order valence-corrected chi connectivity index (χ4v) is 2.32. The second-order valence-corrected chi connectivity index (χ2v) is 5.67. The van der Waals surface area contributed by atoms with Gasteiger partial charge in [-0.2, -0.15) is 11.8 Å². The van der Waals surface area contributed by atoms with Crippen LogP contribution in [-0.2, 0) is 9.59 Å². The van der Waals surface area contributed by atoms with Crippen molar-refractivity contribution in [3.8, 4) is 0 Å². The summed E-state index contributed by atoms with van der Waals surface area (Å²) in [4.78, 5) is 24.9. The minimum Gasteiger partial charge on any atom is -0.480 e. The van der Waals surface area contributed by atoms with Crippen molar-refractivity contribution in [1.82, 2.24) is 10.2 Å². The Balaban J connectivity index is 4.08. The van der Waals surface area contributed by atoms with Gasteiger partial charge in [0.15, 0.2) is 0 Å². The smallest absolute Gasteiger partial charge is 0.326 e. The van der Waals surface area contributed by atoms with Gasteiger partial charge in [0.05, 0.1) is 0 Å². The van der Waals surface area contributed by atoms with E-state index in [9.17, 15) is 9.59 Å². The summed E-state index contributed by atoms with van der Waals surface area (Å²) in [6.45, 7) is 9.64. The van der Waals surface area contributed by atoms with Crippen LogP contribution in [0.25, 0.3) is 0 Å². The normalized spacial score (nSPS) is 11.9. The molecule has 0 fully saturated rings. The van der Waals surface area contributed by atoms with Gasteiger partial charge in [-0.05, 0) is 31.4 Å². The Morgan fingerprint density at radius 3 is 2.43 bits per heavy atom. The van der Waals surface area contributed by atoms with Crippen LogP contribution >= 0.6 is 11.8 Å². The van der Waals surface area contributed by atoms with Crippen molar-refractivity contribution in [2.24, 2.45) is 0 Å². The minimum atomic E-state index is -0.975. The van der Waals surface area contributed by atoms with Gasteiger partial charge in [0.2, 0.25) is 5.91 Å². The van der Waals surface area contributed by atoms with E-state index in [0.29, 0.717) is 25.0 Å². The van der Waals surface area contributed by atoms with Gasteiger partial charge in [0.1, 0.15) is 6.04 Å². The van der Waals surface area contributed by atoms with Gasteiger partial charge in [0.25, 0.3) is 0 Å². The number of carboxylic acids is 1. The summed E-state index contributed by atoms with van der Waals surface area (Å²) in [6.07, 6.45) is 6.99. The molecule has 21 heavy (non-hydrogen) atoms. The molecule has 0 aromatic rings. The molecule has 0 spiro atoms. The maximum atomic E-state index is 11.8. The molecule has 1 unspecified atom stereocenters. The highest BCUT2D eigenvalue weighted by Gasteiger charge is 2.19. The number of nitrogens with one attached hydrogen (secondary N) is 1. The van der Waals surface area contributed by atoms with Crippen LogP contribution in [0.3, 0.4) is 0 Å². The number of carboxylic acid groups (broad SMARTS) is 1. The maximum absolute atomic E-state index is 11.8. The van der Waals surface area contributed by atoms with Crippen LogP contribution in [0.2, 0.25) is 0 Å². The number of carbonyl (C=O) groups excluding carboxylic acids is 1. The fraction of sp³-hybridized carbons (Fsp3) is 0.600. The molecule has 0 radical (unpaired) electrons. The summed E-state index contributed by atoms with van der Waals surface area (Å²) in [6, 6.07) is -0.789. The first kappa shape index (κ1) is 19.7. The molecule has 0 saturated carbocycles. The Kier molecular flexibility index (Phi) is 11.7. The van der Waals surface area contributed by atoms with E-state index in [2.05, 4.69) is 23.4 Å². The van der Waals surface area contributed by atoms with Crippen molar-refractivity contribution in [3.63, 3.8) is 0 Å². The highest BCUT2D eigenvalue weighted by atomic mass is 32.2. The van der Waals surface area contributed by atoms with E-state index in [1.54, 1.807) is 11.8 Å². The zero-order chi connectivity index (χ0) is 16.1. The number of aliphatic carboxylic acids is 1. The lowest BCUT2D eigenvalue weighted by atomic mass is 10.2.